The second-order valence-electron chi connectivity index (χ2n) is 5.55. The third-order valence-corrected chi connectivity index (χ3v) is 4.74. The predicted molar refractivity (Wildman–Crippen MR) is 69.5 cm³/mol. The minimum absolute atomic E-state index is 0.0171. The van der Waals surface area contributed by atoms with Crippen molar-refractivity contribution in [2.75, 3.05) is 0 Å². The summed E-state index contributed by atoms with van der Waals surface area (Å²) in [5.74, 6) is 1.69. The van der Waals surface area contributed by atoms with Gasteiger partial charge in [0.05, 0.1) is 5.01 Å². The van der Waals surface area contributed by atoms with Gasteiger partial charge >= 0.3 is 0 Å². The summed E-state index contributed by atoms with van der Waals surface area (Å²) >= 11 is 1.73. The molecular formula is C13H22N2S. The number of nitrogens with two attached hydrogens (primary N) is 1. The molecule has 1 aliphatic carbocycles. The Hall–Kier alpha value is -0.410. The summed E-state index contributed by atoms with van der Waals surface area (Å²) in [5.41, 5.74) is 6.50. The molecule has 2 nitrogen and oxygen atoms in total. The number of hydrogen-bond donors (Lipinski definition) is 1. The summed E-state index contributed by atoms with van der Waals surface area (Å²) in [6.07, 6.45) is 7.75. The van der Waals surface area contributed by atoms with Crippen LogP contribution >= 0.6 is 11.3 Å². The van der Waals surface area contributed by atoms with Gasteiger partial charge in [-0.1, -0.05) is 13.8 Å². The zero-order valence-corrected chi connectivity index (χ0v) is 11.1. The van der Waals surface area contributed by atoms with E-state index in [1.54, 1.807) is 11.3 Å². The molecule has 1 fully saturated rings. The Labute approximate surface area is 102 Å². The molecule has 3 heteroatoms. The van der Waals surface area contributed by atoms with Crippen LogP contribution in [0.3, 0.4) is 0 Å². The zero-order chi connectivity index (χ0) is 11.6. The van der Waals surface area contributed by atoms with Crippen LogP contribution in [0.4, 0.5) is 0 Å². The van der Waals surface area contributed by atoms with Gasteiger partial charge in [0.25, 0.3) is 0 Å². The SMILES string of the molecule is CC(C)C1CCC(N)(Cc2nccs2)CC1. The monoisotopic (exact) mass is 238 g/mol. The third kappa shape index (κ3) is 2.83. The Morgan fingerprint density at radius 1 is 1.50 bits per heavy atom. The number of rotatable bonds is 3. The van der Waals surface area contributed by atoms with Gasteiger partial charge in [0.1, 0.15) is 0 Å². The maximum absolute atomic E-state index is 6.48. The number of hydrogen-bond acceptors (Lipinski definition) is 3. The zero-order valence-electron chi connectivity index (χ0n) is 10.3. The van der Waals surface area contributed by atoms with Crippen LogP contribution in [0.25, 0.3) is 0 Å². The van der Waals surface area contributed by atoms with Gasteiger partial charge in [-0.15, -0.1) is 11.3 Å². The molecule has 0 aliphatic heterocycles. The lowest BCUT2D eigenvalue weighted by molar-refractivity contribution is 0.194. The average molecular weight is 238 g/mol. The highest BCUT2D eigenvalue weighted by atomic mass is 32.1. The molecule has 0 saturated heterocycles. The van der Waals surface area contributed by atoms with Crippen molar-refractivity contribution in [3.05, 3.63) is 16.6 Å². The van der Waals surface area contributed by atoms with Gasteiger partial charge in [-0.2, -0.15) is 0 Å². The average Bonchev–Trinajstić information content (AvgIpc) is 2.70. The molecule has 0 aromatic carbocycles. The predicted octanol–water partition coefficient (Wildman–Crippen LogP) is 3.23. The fourth-order valence-electron chi connectivity index (χ4n) is 2.70. The quantitative estimate of drug-likeness (QED) is 0.878. The number of aromatic nitrogens is 1. The van der Waals surface area contributed by atoms with Crippen molar-refractivity contribution in [2.24, 2.45) is 17.6 Å². The Bertz CT molecular complexity index is 311. The molecule has 1 heterocycles. The normalized spacial score (nSPS) is 30.9. The van der Waals surface area contributed by atoms with E-state index in [0.717, 1.165) is 31.1 Å². The molecule has 1 aromatic rings. The summed E-state index contributed by atoms with van der Waals surface area (Å²) < 4.78 is 0. The molecule has 2 rings (SSSR count). The minimum atomic E-state index is 0.0171. The maximum Gasteiger partial charge on any atom is 0.0943 e. The van der Waals surface area contributed by atoms with Gasteiger partial charge < -0.3 is 5.73 Å². The fourth-order valence-corrected chi connectivity index (χ4v) is 3.47. The van der Waals surface area contributed by atoms with Crippen LogP contribution in [0.2, 0.25) is 0 Å². The van der Waals surface area contributed by atoms with E-state index in [-0.39, 0.29) is 5.54 Å². The Balaban J connectivity index is 1.91. The first-order valence-electron chi connectivity index (χ1n) is 6.26. The van der Waals surface area contributed by atoms with Crippen LogP contribution in [0.5, 0.6) is 0 Å². The van der Waals surface area contributed by atoms with Crippen molar-refractivity contribution in [2.45, 2.75) is 51.5 Å². The second-order valence-corrected chi connectivity index (χ2v) is 6.53. The lowest BCUT2D eigenvalue weighted by atomic mass is 9.72. The standard InChI is InChI=1S/C13H22N2S/c1-10(2)11-3-5-13(14,6-4-11)9-12-15-7-8-16-12/h7-8,10-11H,3-6,9,14H2,1-2H3. The molecule has 90 valence electrons. The number of nitrogens with zero attached hydrogens (tertiary/aromatic N) is 1. The van der Waals surface area contributed by atoms with Gasteiger partial charge in [0, 0.05) is 23.5 Å². The summed E-state index contributed by atoms with van der Waals surface area (Å²) in [7, 11) is 0. The molecule has 16 heavy (non-hydrogen) atoms. The molecule has 1 aliphatic rings. The summed E-state index contributed by atoms with van der Waals surface area (Å²) in [4.78, 5) is 4.35. The van der Waals surface area contributed by atoms with Crippen LogP contribution in [0.15, 0.2) is 11.6 Å². The van der Waals surface area contributed by atoms with Gasteiger partial charge in [-0.3, -0.25) is 0 Å². The molecule has 1 saturated carbocycles. The Morgan fingerprint density at radius 3 is 2.69 bits per heavy atom. The molecule has 0 atom stereocenters. The lowest BCUT2D eigenvalue weighted by Gasteiger charge is -2.38. The summed E-state index contributed by atoms with van der Waals surface area (Å²) in [6, 6.07) is 0. The maximum atomic E-state index is 6.48. The smallest absolute Gasteiger partial charge is 0.0943 e. The van der Waals surface area contributed by atoms with Crippen molar-refractivity contribution in [3.8, 4) is 0 Å². The third-order valence-electron chi connectivity index (χ3n) is 3.96. The van der Waals surface area contributed by atoms with E-state index in [9.17, 15) is 0 Å². The van der Waals surface area contributed by atoms with Crippen molar-refractivity contribution < 1.29 is 0 Å². The van der Waals surface area contributed by atoms with Crippen molar-refractivity contribution in [1.29, 1.82) is 0 Å². The molecule has 0 spiro atoms. The van der Waals surface area contributed by atoms with Crippen LogP contribution in [0, 0.1) is 11.8 Å². The van der Waals surface area contributed by atoms with Crippen molar-refractivity contribution in [1.82, 2.24) is 4.98 Å². The van der Waals surface area contributed by atoms with E-state index < -0.39 is 0 Å². The van der Waals surface area contributed by atoms with E-state index in [1.807, 2.05) is 11.6 Å². The van der Waals surface area contributed by atoms with Crippen molar-refractivity contribution in [3.63, 3.8) is 0 Å². The summed E-state index contributed by atoms with van der Waals surface area (Å²) in [5, 5.41) is 3.24. The molecule has 0 amide bonds. The highest BCUT2D eigenvalue weighted by molar-refractivity contribution is 7.09. The van der Waals surface area contributed by atoms with Gasteiger partial charge in [0.15, 0.2) is 0 Å². The van der Waals surface area contributed by atoms with E-state index >= 15 is 0 Å². The van der Waals surface area contributed by atoms with E-state index in [0.29, 0.717) is 0 Å². The van der Waals surface area contributed by atoms with Crippen LogP contribution in [-0.2, 0) is 6.42 Å². The van der Waals surface area contributed by atoms with Crippen LogP contribution in [-0.4, -0.2) is 10.5 Å². The molecule has 0 unspecified atom stereocenters. The first-order chi connectivity index (χ1) is 7.59. The second kappa shape index (κ2) is 4.84. The molecule has 2 N–H and O–H groups in total. The number of thiazole rings is 1. The highest BCUT2D eigenvalue weighted by Gasteiger charge is 2.33. The van der Waals surface area contributed by atoms with Crippen LogP contribution in [0.1, 0.15) is 44.5 Å². The van der Waals surface area contributed by atoms with Gasteiger partial charge in [-0.25, -0.2) is 4.98 Å². The molecule has 1 aromatic heterocycles. The Morgan fingerprint density at radius 2 is 2.19 bits per heavy atom. The highest BCUT2D eigenvalue weighted by Crippen LogP contribution is 2.36. The molecular weight excluding hydrogens is 216 g/mol. The van der Waals surface area contributed by atoms with Gasteiger partial charge in [0.2, 0.25) is 0 Å². The fraction of sp³-hybridized carbons (Fsp3) is 0.769. The first-order valence-corrected chi connectivity index (χ1v) is 7.14. The van der Waals surface area contributed by atoms with Gasteiger partial charge in [-0.05, 0) is 37.5 Å². The largest absolute Gasteiger partial charge is 0.325 e. The minimum Gasteiger partial charge on any atom is -0.325 e. The van der Waals surface area contributed by atoms with E-state index in [4.69, 9.17) is 5.73 Å². The summed E-state index contributed by atoms with van der Waals surface area (Å²) in [6.45, 7) is 4.66. The lowest BCUT2D eigenvalue weighted by Crippen LogP contribution is -2.45. The van der Waals surface area contributed by atoms with Crippen LogP contribution < -0.4 is 5.73 Å². The van der Waals surface area contributed by atoms with Crippen molar-refractivity contribution >= 4 is 11.3 Å². The Kier molecular flexibility index (Phi) is 3.65. The topological polar surface area (TPSA) is 38.9 Å². The molecule has 0 radical (unpaired) electrons. The van der Waals surface area contributed by atoms with E-state index in [2.05, 4.69) is 18.8 Å². The van der Waals surface area contributed by atoms with E-state index in [1.165, 1.54) is 17.8 Å². The first kappa shape index (κ1) is 12.1. The molecule has 0 bridgehead atoms.